The molecule has 0 atom stereocenters. The van der Waals surface area contributed by atoms with E-state index in [-0.39, 0.29) is 0 Å². The van der Waals surface area contributed by atoms with Crippen LogP contribution in [0.3, 0.4) is 0 Å². The third-order valence-corrected chi connectivity index (χ3v) is 14.9. The number of rotatable bonds is 7. The Hall–Kier alpha value is -6.94. The maximum atomic E-state index is 10.2. The summed E-state index contributed by atoms with van der Waals surface area (Å²) in [7, 11) is -2.82. The number of hydrogen-bond donors (Lipinski definition) is 0. The number of anilines is 3. The molecule has 8 aromatic rings. The van der Waals surface area contributed by atoms with Gasteiger partial charge in [-0.1, -0.05) is 164 Å². The van der Waals surface area contributed by atoms with E-state index in [1.165, 1.54) is 31.9 Å². The molecule has 250 valence electrons. The topological polar surface area (TPSA) is 65.7 Å². The van der Waals surface area contributed by atoms with Crippen molar-refractivity contribution < 1.29 is 0 Å². The minimum atomic E-state index is -2.82. The molecule has 5 nitrogen and oxygen atoms in total. The van der Waals surface area contributed by atoms with Crippen LogP contribution in [0.4, 0.5) is 17.3 Å². The zero-order valence-electron chi connectivity index (χ0n) is 28.8. The van der Waals surface area contributed by atoms with E-state index < -0.39 is 8.07 Å². The molecule has 1 aromatic heterocycles. The van der Waals surface area contributed by atoms with Crippen LogP contribution in [0.2, 0.25) is 0 Å². The van der Waals surface area contributed by atoms with Gasteiger partial charge in [0.1, 0.15) is 0 Å². The molecular formula is C47H33N5Si. The number of aromatic nitrogens is 3. The van der Waals surface area contributed by atoms with Gasteiger partial charge in [-0.25, -0.2) is 4.98 Å². The van der Waals surface area contributed by atoms with Gasteiger partial charge in [0.15, 0.2) is 19.7 Å². The normalized spacial score (nSPS) is 12.0. The van der Waals surface area contributed by atoms with Gasteiger partial charge in [-0.15, -0.1) is 0 Å². The summed E-state index contributed by atoms with van der Waals surface area (Å²) in [5.41, 5.74) is 6.49. The molecule has 0 unspecified atom stereocenters. The predicted octanol–water partition coefficient (Wildman–Crippen LogP) is 7.83. The largest absolute Gasteiger partial charge is 0.278 e. The summed E-state index contributed by atoms with van der Waals surface area (Å²) in [5, 5.41) is 15.2. The molecule has 0 saturated carbocycles. The number of nitriles is 1. The quantitative estimate of drug-likeness (QED) is 0.126. The van der Waals surface area contributed by atoms with Crippen molar-refractivity contribution in [3.63, 3.8) is 0 Å². The third-order valence-electron chi connectivity index (χ3n) is 10.1. The van der Waals surface area contributed by atoms with Crippen LogP contribution in [0.1, 0.15) is 16.7 Å². The van der Waals surface area contributed by atoms with Crippen molar-refractivity contribution >= 4 is 46.1 Å². The summed E-state index contributed by atoms with van der Waals surface area (Å²) in [5.74, 6) is 1.49. The Morgan fingerprint density at radius 1 is 0.472 bits per heavy atom. The third kappa shape index (κ3) is 5.61. The summed E-state index contributed by atoms with van der Waals surface area (Å²) in [4.78, 5) is 17.7. The first-order valence-corrected chi connectivity index (χ1v) is 19.7. The van der Waals surface area contributed by atoms with Gasteiger partial charge >= 0.3 is 0 Å². The van der Waals surface area contributed by atoms with Crippen LogP contribution >= 0.6 is 0 Å². The highest BCUT2D eigenvalue weighted by atomic mass is 28.3. The average molecular weight is 696 g/mol. The lowest BCUT2D eigenvalue weighted by Crippen LogP contribution is -2.74. The van der Waals surface area contributed by atoms with E-state index in [0.717, 1.165) is 23.4 Å². The molecule has 0 N–H and O–H groups in total. The van der Waals surface area contributed by atoms with Crippen LogP contribution in [-0.4, -0.2) is 23.0 Å². The SMILES string of the molecule is N#Cc1ccccc1-c1nc(-c2cccc([Si](c3ccccc3)(c3ccccc3)c3ccccc3)c2)nc(N2c3ccccc3Cc3ccccc32)n1. The van der Waals surface area contributed by atoms with Gasteiger partial charge in [0.2, 0.25) is 5.95 Å². The summed E-state index contributed by atoms with van der Waals surface area (Å²) in [6.07, 6.45) is 0.818. The van der Waals surface area contributed by atoms with Gasteiger partial charge in [0.05, 0.1) is 23.0 Å². The summed E-state index contributed by atoms with van der Waals surface area (Å²) in [6, 6.07) is 68.1. The van der Waals surface area contributed by atoms with Crippen LogP contribution in [-0.2, 0) is 6.42 Å². The van der Waals surface area contributed by atoms with Gasteiger partial charge in [0.25, 0.3) is 0 Å². The van der Waals surface area contributed by atoms with E-state index in [1.54, 1.807) is 0 Å². The summed E-state index contributed by atoms with van der Waals surface area (Å²) in [6.45, 7) is 0. The molecule has 9 rings (SSSR count). The highest BCUT2D eigenvalue weighted by Gasteiger charge is 2.41. The highest BCUT2D eigenvalue weighted by Crippen LogP contribution is 2.43. The maximum absolute atomic E-state index is 10.2. The first-order valence-electron chi connectivity index (χ1n) is 17.7. The van der Waals surface area contributed by atoms with Crippen LogP contribution < -0.4 is 25.6 Å². The summed E-state index contributed by atoms with van der Waals surface area (Å²) >= 11 is 0. The Morgan fingerprint density at radius 2 is 0.962 bits per heavy atom. The molecule has 2 heterocycles. The van der Waals surface area contributed by atoms with Gasteiger partial charge in [0, 0.05) is 17.5 Å². The molecular weight excluding hydrogens is 663 g/mol. The van der Waals surface area contributed by atoms with Crippen molar-refractivity contribution in [3.05, 3.63) is 205 Å². The number of nitrogens with zero attached hydrogens (tertiary/aromatic N) is 5. The molecule has 1 aliphatic rings. The molecule has 0 fully saturated rings. The lowest BCUT2D eigenvalue weighted by atomic mass is 9.96. The maximum Gasteiger partial charge on any atom is 0.238 e. The number of para-hydroxylation sites is 2. The standard InChI is InChI=1S/C47H33N5Si/c48-33-37-19-10-13-28-42(37)46-49-45(50-47(51-46)52-43-29-14-11-17-34(43)31-35-18-12-15-30-44(35)52)36-20-16-27-41(32-36)53(38-21-4-1-5-22-38,39-23-6-2-7-24-39)40-25-8-3-9-26-40/h1-30,32H,31H2. The van der Waals surface area contributed by atoms with E-state index in [0.29, 0.717) is 28.7 Å². The molecule has 0 radical (unpaired) electrons. The van der Waals surface area contributed by atoms with Crippen LogP contribution in [0.15, 0.2) is 188 Å². The second-order valence-electron chi connectivity index (χ2n) is 13.1. The minimum Gasteiger partial charge on any atom is -0.278 e. The van der Waals surface area contributed by atoms with E-state index in [9.17, 15) is 5.26 Å². The van der Waals surface area contributed by atoms with Crippen LogP contribution in [0, 0.1) is 11.3 Å². The minimum absolute atomic E-state index is 0.450. The van der Waals surface area contributed by atoms with Crippen LogP contribution in [0.5, 0.6) is 0 Å². The molecule has 53 heavy (non-hydrogen) atoms. The fourth-order valence-electron chi connectivity index (χ4n) is 7.75. The second kappa shape index (κ2) is 13.6. The number of benzene rings is 7. The Labute approximate surface area is 310 Å². The van der Waals surface area contributed by atoms with Crippen molar-refractivity contribution in [1.82, 2.24) is 15.0 Å². The molecule has 0 aliphatic carbocycles. The Kier molecular flexibility index (Phi) is 8.24. The first-order chi connectivity index (χ1) is 26.2. The monoisotopic (exact) mass is 695 g/mol. The molecule has 6 heteroatoms. The molecule has 0 amide bonds. The Morgan fingerprint density at radius 3 is 1.55 bits per heavy atom. The average Bonchev–Trinajstić information content (AvgIpc) is 3.24. The van der Waals surface area contributed by atoms with Gasteiger partial charge in [-0.3, -0.25) is 4.90 Å². The lowest BCUT2D eigenvalue weighted by molar-refractivity contribution is 0.989. The molecule has 1 aliphatic heterocycles. The second-order valence-corrected chi connectivity index (χ2v) is 16.9. The van der Waals surface area contributed by atoms with Crippen molar-refractivity contribution in [2.75, 3.05) is 4.90 Å². The first kappa shape index (κ1) is 32.0. The zero-order chi connectivity index (χ0) is 35.6. The van der Waals surface area contributed by atoms with Gasteiger partial charge in [-0.2, -0.15) is 15.2 Å². The van der Waals surface area contributed by atoms with Crippen molar-refractivity contribution in [3.8, 4) is 28.8 Å². The lowest BCUT2D eigenvalue weighted by Gasteiger charge is -2.34. The predicted molar refractivity (Wildman–Crippen MR) is 217 cm³/mol. The van der Waals surface area contributed by atoms with E-state index in [2.05, 4.69) is 175 Å². The van der Waals surface area contributed by atoms with Crippen molar-refractivity contribution in [1.29, 1.82) is 5.26 Å². The molecule has 0 bridgehead atoms. The molecule has 7 aromatic carbocycles. The van der Waals surface area contributed by atoms with Crippen LogP contribution in [0.25, 0.3) is 22.8 Å². The van der Waals surface area contributed by atoms with E-state index >= 15 is 0 Å². The Balaban J connectivity index is 1.31. The molecule has 0 saturated heterocycles. The van der Waals surface area contributed by atoms with Gasteiger partial charge < -0.3 is 0 Å². The van der Waals surface area contributed by atoms with Gasteiger partial charge in [-0.05, 0) is 56.1 Å². The summed E-state index contributed by atoms with van der Waals surface area (Å²) < 4.78 is 0. The zero-order valence-corrected chi connectivity index (χ0v) is 29.8. The van der Waals surface area contributed by atoms with E-state index in [1.807, 2.05) is 24.3 Å². The molecule has 0 spiro atoms. The number of hydrogen-bond acceptors (Lipinski definition) is 5. The highest BCUT2D eigenvalue weighted by molar-refractivity contribution is 7.19. The number of fused-ring (bicyclic) bond motifs is 2. The van der Waals surface area contributed by atoms with Crippen molar-refractivity contribution in [2.45, 2.75) is 6.42 Å². The Bertz CT molecular complexity index is 2480. The van der Waals surface area contributed by atoms with E-state index in [4.69, 9.17) is 15.0 Å². The fraction of sp³-hybridized carbons (Fsp3) is 0.0213. The van der Waals surface area contributed by atoms with Crippen molar-refractivity contribution in [2.24, 2.45) is 0 Å². The fourth-order valence-corrected chi connectivity index (χ4v) is 12.5. The smallest absolute Gasteiger partial charge is 0.238 e.